The Bertz CT molecular complexity index is 1590. The third-order valence-corrected chi connectivity index (χ3v) is 7.89. The number of amides is 1. The van der Waals surface area contributed by atoms with E-state index >= 15 is 0 Å². The third kappa shape index (κ3) is 4.62. The number of carbonyl (C=O) groups excluding carboxylic acids is 1. The van der Waals surface area contributed by atoms with Crippen LogP contribution in [0, 0.1) is 29.2 Å². The van der Waals surface area contributed by atoms with E-state index in [0.717, 1.165) is 11.1 Å². The second-order valence-corrected chi connectivity index (χ2v) is 11.6. The molecule has 1 aromatic heterocycles. The van der Waals surface area contributed by atoms with Crippen molar-refractivity contribution in [3.63, 3.8) is 0 Å². The maximum Gasteiger partial charge on any atom is 0.325 e. The Morgan fingerprint density at radius 2 is 1.90 bits per heavy atom. The van der Waals surface area contributed by atoms with Gasteiger partial charge < -0.3 is 14.7 Å². The maximum absolute atomic E-state index is 13.5. The summed E-state index contributed by atoms with van der Waals surface area (Å²) in [5.74, 6) is 5.73. The summed E-state index contributed by atoms with van der Waals surface area (Å²) < 4.78 is 7.72. The minimum atomic E-state index is -0.971. The van der Waals surface area contributed by atoms with Crippen molar-refractivity contribution in [1.29, 1.82) is 0 Å². The van der Waals surface area contributed by atoms with Gasteiger partial charge in [0.2, 0.25) is 5.69 Å². The molecule has 0 saturated heterocycles. The van der Waals surface area contributed by atoms with E-state index in [1.807, 2.05) is 23.1 Å². The average molecular weight is 543 g/mol. The Kier molecular flexibility index (Phi) is 6.40. The SMILES string of the molecule is [C-]#[N+]c1ccc(OC2C(C)(C)C(N3Cc4cc(C#Cc5cnn(CC(=O)O)c5)ccc4C3=O)C2(C)C)cc1Cl. The molecule has 1 amide bonds. The highest BCUT2D eigenvalue weighted by Crippen LogP contribution is 2.59. The van der Waals surface area contributed by atoms with Crippen LogP contribution in [0.25, 0.3) is 4.85 Å². The number of hydrogen-bond donors (Lipinski definition) is 1. The molecule has 1 saturated carbocycles. The van der Waals surface area contributed by atoms with Gasteiger partial charge >= 0.3 is 5.97 Å². The molecule has 39 heavy (non-hydrogen) atoms. The van der Waals surface area contributed by atoms with Gasteiger partial charge in [0.05, 0.1) is 23.4 Å². The van der Waals surface area contributed by atoms with Crippen molar-refractivity contribution >= 4 is 29.2 Å². The second-order valence-electron chi connectivity index (χ2n) is 11.1. The number of benzene rings is 2. The molecule has 2 aliphatic rings. The molecule has 3 aromatic rings. The van der Waals surface area contributed by atoms with Crippen LogP contribution in [0.3, 0.4) is 0 Å². The first-order valence-corrected chi connectivity index (χ1v) is 12.8. The van der Waals surface area contributed by atoms with Gasteiger partial charge in [-0.15, -0.1) is 0 Å². The van der Waals surface area contributed by atoms with Gasteiger partial charge in [0.1, 0.15) is 18.4 Å². The van der Waals surface area contributed by atoms with Crippen molar-refractivity contribution in [2.75, 3.05) is 0 Å². The van der Waals surface area contributed by atoms with Crippen molar-refractivity contribution in [2.24, 2.45) is 10.8 Å². The zero-order valence-corrected chi connectivity index (χ0v) is 22.8. The highest BCUT2D eigenvalue weighted by Gasteiger charge is 2.66. The van der Waals surface area contributed by atoms with Gasteiger partial charge in [-0.25, -0.2) is 4.85 Å². The molecule has 0 spiro atoms. The van der Waals surface area contributed by atoms with Crippen LogP contribution in [-0.2, 0) is 17.9 Å². The van der Waals surface area contributed by atoms with E-state index in [0.29, 0.717) is 34.1 Å². The zero-order chi connectivity index (χ0) is 28.1. The zero-order valence-electron chi connectivity index (χ0n) is 22.0. The molecular formula is C30H27ClN4O4. The average Bonchev–Trinajstić information content (AvgIpc) is 3.44. The number of carboxylic acids is 1. The lowest BCUT2D eigenvalue weighted by atomic mass is 9.49. The van der Waals surface area contributed by atoms with E-state index in [4.69, 9.17) is 28.0 Å². The van der Waals surface area contributed by atoms with Crippen LogP contribution < -0.4 is 4.74 Å². The number of carboxylic acid groups (broad SMARTS) is 1. The Morgan fingerprint density at radius 1 is 1.18 bits per heavy atom. The first kappa shape index (κ1) is 26.3. The van der Waals surface area contributed by atoms with Gasteiger partial charge in [-0.2, -0.15) is 5.10 Å². The predicted molar refractivity (Wildman–Crippen MR) is 146 cm³/mol. The molecule has 5 rings (SSSR count). The number of fused-ring (bicyclic) bond motifs is 1. The lowest BCUT2D eigenvalue weighted by Crippen LogP contribution is -2.74. The summed E-state index contributed by atoms with van der Waals surface area (Å²) in [4.78, 5) is 29.7. The number of ether oxygens (including phenoxy) is 1. The van der Waals surface area contributed by atoms with Gasteiger partial charge in [0.15, 0.2) is 0 Å². The van der Waals surface area contributed by atoms with Crippen LogP contribution in [0.2, 0.25) is 5.02 Å². The molecule has 9 heteroatoms. The first-order chi connectivity index (χ1) is 18.4. The fourth-order valence-electron chi connectivity index (χ4n) is 6.43. The Balaban J connectivity index is 1.33. The largest absolute Gasteiger partial charge is 0.489 e. The Morgan fingerprint density at radius 3 is 2.56 bits per heavy atom. The van der Waals surface area contributed by atoms with E-state index in [1.165, 1.54) is 10.9 Å². The van der Waals surface area contributed by atoms with Gasteiger partial charge in [-0.05, 0) is 35.9 Å². The van der Waals surface area contributed by atoms with Crippen molar-refractivity contribution in [3.05, 3.63) is 87.5 Å². The predicted octanol–water partition coefficient (Wildman–Crippen LogP) is 5.41. The van der Waals surface area contributed by atoms with Crippen LogP contribution in [0.15, 0.2) is 48.8 Å². The minimum absolute atomic E-state index is 0.00601. The topological polar surface area (TPSA) is 89.0 Å². The number of aliphatic carboxylic acids is 1. The molecule has 1 N–H and O–H groups in total. The summed E-state index contributed by atoms with van der Waals surface area (Å²) in [5.41, 5.74) is 2.67. The maximum atomic E-state index is 13.5. The summed E-state index contributed by atoms with van der Waals surface area (Å²) >= 11 is 6.23. The standard InChI is InChI=1S/C30H27ClN4O4/c1-29(2)27(30(3,4)28(29)39-21-9-11-24(32-5)23(31)13-21)35-16-20-12-18(8-10-22(20)26(35)38)6-7-19-14-33-34(15-19)17-25(36)37/h8-15,27-28H,16-17H2,1-4H3,(H,36,37). The van der Waals surface area contributed by atoms with Crippen molar-refractivity contribution in [3.8, 4) is 17.6 Å². The lowest BCUT2D eigenvalue weighted by Gasteiger charge is -2.65. The molecule has 198 valence electrons. The highest BCUT2D eigenvalue weighted by atomic mass is 35.5. The third-order valence-electron chi connectivity index (χ3n) is 7.59. The van der Waals surface area contributed by atoms with E-state index in [9.17, 15) is 9.59 Å². The minimum Gasteiger partial charge on any atom is -0.489 e. The summed E-state index contributed by atoms with van der Waals surface area (Å²) in [6, 6.07) is 10.6. The fourth-order valence-corrected chi connectivity index (χ4v) is 6.64. The summed E-state index contributed by atoms with van der Waals surface area (Å²) in [5, 5.41) is 13.3. The van der Waals surface area contributed by atoms with Crippen molar-refractivity contribution in [1.82, 2.24) is 14.7 Å². The van der Waals surface area contributed by atoms with E-state index in [-0.39, 0.29) is 35.4 Å². The van der Waals surface area contributed by atoms with Crippen molar-refractivity contribution in [2.45, 2.75) is 52.9 Å². The van der Waals surface area contributed by atoms with Crippen LogP contribution in [0.5, 0.6) is 5.75 Å². The normalized spacial score (nSPS) is 20.3. The number of rotatable bonds is 5. The lowest BCUT2D eigenvalue weighted by molar-refractivity contribution is -0.199. The molecule has 8 nitrogen and oxygen atoms in total. The Labute approximate surface area is 232 Å². The van der Waals surface area contributed by atoms with Crippen LogP contribution in [0.1, 0.15) is 54.7 Å². The number of halogens is 1. The molecule has 0 bridgehead atoms. The second kappa shape index (κ2) is 9.48. The molecular weight excluding hydrogens is 516 g/mol. The van der Waals surface area contributed by atoms with Crippen molar-refractivity contribution < 1.29 is 19.4 Å². The van der Waals surface area contributed by atoms with Gasteiger partial charge in [0.25, 0.3) is 5.91 Å². The molecule has 1 aliphatic carbocycles. The summed E-state index contributed by atoms with van der Waals surface area (Å²) in [6.07, 6.45) is 2.94. The molecule has 2 aromatic carbocycles. The molecule has 1 aliphatic heterocycles. The number of aromatic nitrogens is 2. The van der Waals surface area contributed by atoms with E-state index < -0.39 is 5.97 Å². The molecule has 1 fully saturated rings. The fraction of sp³-hybridized carbons (Fsp3) is 0.333. The van der Waals surface area contributed by atoms with Gasteiger partial charge in [-0.3, -0.25) is 14.3 Å². The number of carbonyl (C=O) groups is 2. The van der Waals surface area contributed by atoms with E-state index in [2.05, 4.69) is 49.5 Å². The summed E-state index contributed by atoms with van der Waals surface area (Å²) in [7, 11) is 0. The first-order valence-electron chi connectivity index (χ1n) is 12.5. The molecule has 0 unspecified atom stereocenters. The Hall–Kier alpha value is -4.27. The molecule has 2 heterocycles. The quantitative estimate of drug-likeness (QED) is 0.344. The monoisotopic (exact) mass is 542 g/mol. The molecule has 0 radical (unpaired) electrons. The van der Waals surface area contributed by atoms with E-state index in [1.54, 1.807) is 24.4 Å². The van der Waals surface area contributed by atoms with Gasteiger partial charge in [0, 0.05) is 40.7 Å². The molecule has 0 atom stereocenters. The van der Waals surface area contributed by atoms with Gasteiger partial charge in [-0.1, -0.05) is 57.2 Å². The number of nitrogens with zero attached hydrogens (tertiary/aromatic N) is 4. The smallest absolute Gasteiger partial charge is 0.325 e. The number of hydrogen-bond acceptors (Lipinski definition) is 4. The van der Waals surface area contributed by atoms with Crippen LogP contribution in [0.4, 0.5) is 5.69 Å². The summed E-state index contributed by atoms with van der Waals surface area (Å²) in [6.45, 7) is 15.9. The highest BCUT2D eigenvalue weighted by molar-refractivity contribution is 6.33. The van der Waals surface area contributed by atoms with Crippen LogP contribution >= 0.6 is 11.6 Å². The van der Waals surface area contributed by atoms with Crippen LogP contribution in [-0.4, -0.2) is 43.8 Å².